The van der Waals surface area contributed by atoms with Gasteiger partial charge in [-0.05, 0) is 12.8 Å². The van der Waals surface area contributed by atoms with E-state index in [-0.39, 0.29) is 82.5 Å². The van der Waals surface area contributed by atoms with Crippen molar-refractivity contribution >= 4 is 35.5 Å². The fraction of sp³-hybridized carbons (Fsp3) is 0.296. The quantitative estimate of drug-likeness (QED) is 0.0756. The summed E-state index contributed by atoms with van der Waals surface area (Å²) in [4.78, 5) is 56.0. The third kappa shape index (κ3) is 7.96. The van der Waals surface area contributed by atoms with E-state index in [2.05, 4.69) is 11.0 Å². The fourth-order valence-corrected chi connectivity index (χ4v) is 3.70. The van der Waals surface area contributed by atoms with Crippen molar-refractivity contribution in [3.8, 4) is 45.8 Å². The monoisotopic (exact) mass is 589 g/mol. The SMILES string of the molecule is COc1cc(-c2[o+]c3cc(O)cc(ON[C@H](C=O)CCC(=O)O)c3cc2ON[C@H](C=O)CCC(=O)O)cc(OC)c1O. The van der Waals surface area contributed by atoms with Gasteiger partial charge in [0.25, 0.3) is 5.75 Å². The fourth-order valence-electron chi connectivity index (χ4n) is 3.70. The molecule has 1 heterocycles. The highest BCUT2D eigenvalue weighted by Gasteiger charge is 2.29. The Hall–Kier alpha value is -5.15. The van der Waals surface area contributed by atoms with Crippen molar-refractivity contribution in [2.24, 2.45) is 0 Å². The summed E-state index contributed by atoms with van der Waals surface area (Å²) in [5, 5.41) is 38.7. The van der Waals surface area contributed by atoms with Gasteiger partial charge in [-0.2, -0.15) is 0 Å². The molecule has 2 aromatic carbocycles. The predicted octanol–water partition coefficient (Wildman–Crippen LogP) is 2.44. The summed E-state index contributed by atoms with van der Waals surface area (Å²) >= 11 is 0. The largest absolute Gasteiger partial charge is 0.507 e. The molecule has 0 fully saturated rings. The molecule has 0 aliphatic carbocycles. The predicted molar refractivity (Wildman–Crippen MR) is 143 cm³/mol. The lowest BCUT2D eigenvalue weighted by atomic mass is 10.1. The van der Waals surface area contributed by atoms with Gasteiger partial charge in [-0.3, -0.25) is 9.59 Å². The second kappa shape index (κ2) is 14.5. The maximum atomic E-state index is 11.5. The number of carbonyl (C=O) groups is 4. The number of hydroxylamine groups is 2. The zero-order valence-corrected chi connectivity index (χ0v) is 22.5. The second-order valence-electron chi connectivity index (χ2n) is 8.81. The van der Waals surface area contributed by atoms with Crippen molar-refractivity contribution in [1.29, 1.82) is 0 Å². The summed E-state index contributed by atoms with van der Waals surface area (Å²) in [6, 6.07) is 4.69. The number of carbonyl (C=O) groups excluding carboxylic acids is 2. The first-order valence-corrected chi connectivity index (χ1v) is 12.4. The van der Waals surface area contributed by atoms with Gasteiger partial charge in [0, 0.05) is 37.1 Å². The van der Waals surface area contributed by atoms with Gasteiger partial charge in [-0.1, -0.05) is 0 Å². The zero-order chi connectivity index (χ0) is 30.8. The Morgan fingerprint density at radius 3 is 1.81 bits per heavy atom. The topological polar surface area (TPSA) is 221 Å². The standard InChI is InChI=1S/C27H28N2O13/c1-38-21-7-14(8-22(39-2)26(21)37)27-23(42-29-16(13-31)4-6-25(35)36)11-18-19(40-27)9-17(32)10-20(18)41-28-15(12-30)3-5-24(33)34/h7-13,15-16,28-29H,3-6H2,1-2H3,(H3-,32,33,34,35,36,37)/p+1/t15-,16-/m0/s1. The van der Waals surface area contributed by atoms with Crippen LogP contribution in [0.5, 0.6) is 34.5 Å². The van der Waals surface area contributed by atoms with Crippen LogP contribution < -0.4 is 30.1 Å². The molecule has 1 aromatic heterocycles. The molecule has 0 aliphatic rings. The molecule has 0 spiro atoms. The van der Waals surface area contributed by atoms with Crippen LogP contribution in [0, 0.1) is 0 Å². The van der Waals surface area contributed by atoms with Gasteiger partial charge in [0.05, 0.1) is 37.9 Å². The summed E-state index contributed by atoms with van der Waals surface area (Å²) in [7, 11) is 2.65. The number of methoxy groups -OCH3 is 2. The van der Waals surface area contributed by atoms with Crippen molar-refractivity contribution in [3.63, 3.8) is 0 Å². The smallest absolute Gasteiger partial charge is 0.405 e. The average molecular weight is 590 g/mol. The van der Waals surface area contributed by atoms with Crippen LogP contribution in [0.1, 0.15) is 25.7 Å². The average Bonchev–Trinajstić information content (AvgIpc) is 2.96. The molecule has 0 saturated carbocycles. The summed E-state index contributed by atoms with van der Waals surface area (Å²) in [6.07, 6.45) is 0.162. The Morgan fingerprint density at radius 1 is 0.810 bits per heavy atom. The van der Waals surface area contributed by atoms with E-state index in [1.807, 2.05) is 0 Å². The maximum absolute atomic E-state index is 11.5. The van der Waals surface area contributed by atoms with E-state index in [9.17, 15) is 29.4 Å². The van der Waals surface area contributed by atoms with Crippen molar-refractivity contribution in [3.05, 3.63) is 30.3 Å². The third-order valence-corrected chi connectivity index (χ3v) is 5.85. The zero-order valence-electron chi connectivity index (χ0n) is 22.5. The summed E-state index contributed by atoms with van der Waals surface area (Å²) in [5.74, 6) is -2.82. The highest BCUT2D eigenvalue weighted by molar-refractivity contribution is 5.89. The van der Waals surface area contributed by atoms with Crippen molar-refractivity contribution < 1.29 is 63.2 Å². The molecular weight excluding hydrogens is 560 g/mol. The number of rotatable bonds is 17. The lowest BCUT2D eigenvalue weighted by Crippen LogP contribution is -2.34. The van der Waals surface area contributed by atoms with Crippen LogP contribution in [0.25, 0.3) is 22.3 Å². The lowest BCUT2D eigenvalue weighted by Gasteiger charge is -2.15. The van der Waals surface area contributed by atoms with E-state index in [4.69, 9.17) is 33.8 Å². The van der Waals surface area contributed by atoms with Gasteiger partial charge in [-0.15, -0.1) is 11.0 Å². The first-order valence-electron chi connectivity index (χ1n) is 12.4. The maximum Gasteiger partial charge on any atom is 0.405 e. The first kappa shape index (κ1) is 31.4. The molecule has 0 aliphatic heterocycles. The van der Waals surface area contributed by atoms with Gasteiger partial charge in [0.15, 0.2) is 17.2 Å². The molecule has 0 bridgehead atoms. The molecule has 3 rings (SSSR count). The number of phenols is 2. The molecule has 0 radical (unpaired) electrons. The van der Waals surface area contributed by atoms with E-state index in [0.717, 1.165) is 0 Å². The highest BCUT2D eigenvalue weighted by atomic mass is 16.7. The number of hydrogen-bond acceptors (Lipinski definition) is 12. The lowest BCUT2D eigenvalue weighted by molar-refractivity contribution is -0.138. The minimum Gasteiger partial charge on any atom is -0.507 e. The highest BCUT2D eigenvalue weighted by Crippen LogP contribution is 2.45. The number of hydrogen-bond donors (Lipinski definition) is 6. The molecule has 42 heavy (non-hydrogen) atoms. The third-order valence-electron chi connectivity index (χ3n) is 5.85. The molecule has 224 valence electrons. The Bertz CT molecular complexity index is 1430. The summed E-state index contributed by atoms with van der Waals surface area (Å²) in [6.45, 7) is 0. The van der Waals surface area contributed by atoms with Gasteiger partial charge in [0.1, 0.15) is 23.7 Å². The van der Waals surface area contributed by atoms with E-state index < -0.39 is 24.0 Å². The Balaban J connectivity index is 2.11. The summed E-state index contributed by atoms with van der Waals surface area (Å²) in [5.41, 5.74) is 5.27. The van der Waals surface area contributed by atoms with Gasteiger partial charge in [-0.25, -0.2) is 4.42 Å². The van der Waals surface area contributed by atoms with Crippen molar-refractivity contribution in [1.82, 2.24) is 11.0 Å². The Labute approximate surface area is 238 Å². The van der Waals surface area contributed by atoms with E-state index >= 15 is 0 Å². The van der Waals surface area contributed by atoms with Crippen molar-refractivity contribution in [2.45, 2.75) is 37.8 Å². The molecule has 6 N–H and O–H groups in total. The minimum atomic E-state index is -1.11. The van der Waals surface area contributed by atoms with E-state index in [1.54, 1.807) is 0 Å². The van der Waals surface area contributed by atoms with Crippen LogP contribution in [-0.4, -0.2) is 71.2 Å². The number of aromatic hydroxyl groups is 2. The van der Waals surface area contributed by atoms with Crippen LogP contribution in [0.3, 0.4) is 0 Å². The number of carboxylic acid groups (broad SMARTS) is 2. The number of fused-ring (bicyclic) bond motifs is 1. The van der Waals surface area contributed by atoms with Gasteiger partial charge in [0.2, 0.25) is 5.75 Å². The molecule has 2 atom stereocenters. The van der Waals surface area contributed by atoms with Crippen LogP contribution >= 0.6 is 0 Å². The Morgan fingerprint density at radius 2 is 1.33 bits per heavy atom. The Kier molecular flexibility index (Phi) is 10.8. The second-order valence-corrected chi connectivity index (χ2v) is 8.81. The number of nitrogens with one attached hydrogen (secondary N) is 2. The minimum absolute atomic E-state index is 0.00576. The van der Waals surface area contributed by atoms with Gasteiger partial charge >= 0.3 is 23.3 Å². The number of aldehydes is 2. The van der Waals surface area contributed by atoms with E-state index in [1.165, 1.54) is 44.6 Å². The summed E-state index contributed by atoms with van der Waals surface area (Å²) < 4.78 is 16.5. The number of carboxylic acids is 2. The number of benzene rings is 2. The molecular formula is C27H29N2O13+. The molecule has 0 saturated heterocycles. The van der Waals surface area contributed by atoms with Crippen LogP contribution in [0.2, 0.25) is 0 Å². The molecule has 0 unspecified atom stereocenters. The first-order chi connectivity index (χ1) is 20.1. The molecule has 15 heteroatoms. The van der Waals surface area contributed by atoms with Crippen LogP contribution in [-0.2, 0) is 19.2 Å². The molecule has 3 aromatic rings. The molecule has 0 amide bonds. The normalized spacial score (nSPS) is 12.2. The number of phenolic OH excluding ortho intramolecular Hbond substituents is 2. The van der Waals surface area contributed by atoms with Crippen LogP contribution in [0.4, 0.5) is 0 Å². The number of aliphatic carboxylic acids is 2. The number of ether oxygens (including phenoxy) is 2. The van der Waals surface area contributed by atoms with E-state index in [0.29, 0.717) is 12.6 Å². The molecule has 15 nitrogen and oxygen atoms in total. The van der Waals surface area contributed by atoms with Crippen molar-refractivity contribution in [2.75, 3.05) is 14.2 Å². The van der Waals surface area contributed by atoms with Gasteiger partial charge < -0.3 is 49.2 Å². The van der Waals surface area contributed by atoms with Crippen LogP contribution in [0.15, 0.2) is 34.7 Å².